The Kier molecular flexibility index (Phi) is 4.07. The molecule has 2 rings (SSSR count). The highest BCUT2D eigenvalue weighted by Crippen LogP contribution is 2.17. The minimum atomic E-state index is -0.515. The summed E-state index contributed by atoms with van der Waals surface area (Å²) in [5, 5.41) is 10.2. The van der Waals surface area contributed by atoms with Crippen LogP contribution in [0.1, 0.15) is 5.89 Å². The molecule has 1 amide bonds. The first kappa shape index (κ1) is 13.0. The number of hydrogen-bond donors (Lipinski definition) is 1. The number of nitrogens with one attached hydrogen (secondary N) is 1. The highest BCUT2D eigenvalue weighted by Gasteiger charge is 2.09. The van der Waals surface area contributed by atoms with Crippen LogP contribution < -0.4 is 5.32 Å². The van der Waals surface area contributed by atoms with Crippen molar-refractivity contribution >= 4 is 6.09 Å². The third-order valence-corrected chi connectivity index (χ3v) is 2.35. The van der Waals surface area contributed by atoms with Crippen molar-refractivity contribution in [1.82, 2.24) is 15.5 Å². The summed E-state index contributed by atoms with van der Waals surface area (Å²) < 4.78 is 22.6. The van der Waals surface area contributed by atoms with Gasteiger partial charge in [-0.2, -0.15) is 0 Å². The second-order valence-electron chi connectivity index (χ2n) is 3.68. The van der Waals surface area contributed by atoms with Gasteiger partial charge in [-0.05, 0) is 24.3 Å². The Bertz CT molecular complexity index is 554. The molecule has 0 unspecified atom stereocenters. The lowest BCUT2D eigenvalue weighted by molar-refractivity contribution is 0.171. The zero-order valence-electron chi connectivity index (χ0n) is 10.2. The van der Waals surface area contributed by atoms with E-state index >= 15 is 0 Å². The molecule has 0 fully saturated rings. The summed E-state index contributed by atoms with van der Waals surface area (Å²) >= 11 is 0. The zero-order valence-corrected chi connectivity index (χ0v) is 10.2. The first-order valence-electron chi connectivity index (χ1n) is 5.59. The molecule has 0 bridgehead atoms. The minimum absolute atomic E-state index is 0.313. The third kappa shape index (κ3) is 3.51. The molecule has 19 heavy (non-hydrogen) atoms. The molecule has 1 aromatic carbocycles. The number of aromatic nitrogens is 2. The molecule has 0 atom stereocenters. The van der Waals surface area contributed by atoms with Gasteiger partial charge in [0, 0.05) is 18.5 Å². The molecular formula is C12H12FN3O3. The standard InChI is InChI=1S/C12H12FN3O3/c1-18-12(17)14-7-6-10-15-16-11(19-10)8-2-4-9(13)5-3-8/h2-5H,6-7H2,1H3,(H,14,17). The Labute approximate surface area is 108 Å². The van der Waals surface area contributed by atoms with E-state index in [0.29, 0.717) is 30.3 Å². The summed E-state index contributed by atoms with van der Waals surface area (Å²) in [4.78, 5) is 10.8. The predicted molar refractivity (Wildman–Crippen MR) is 63.8 cm³/mol. The van der Waals surface area contributed by atoms with Crippen molar-refractivity contribution < 1.29 is 18.3 Å². The van der Waals surface area contributed by atoms with Crippen molar-refractivity contribution in [2.24, 2.45) is 0 Å². The van der Waals surface area contributed by atoms with E-state index in [0.717, 1.165) is 0 Å². The van der Waals surface area contributed by atoms with Crippen molar-refractivity contribution in [1.29, 1.82) is 0 Å². The maximum absolute atomic E-state index is 12.8. The monoisotopic (exact) mass is 265 g/mol. The van der Waals surface area contributed by atoms with E-state index in [-0.39, 0.29) is 5.82 Å². The fourth-order valence-corrected chi connectivity index (χ4v) is 1.41. The summed E-state index contributed by atoms with van der Waals surface area (Å²) in [7, 11) is 1.29. The summed E-state index contributed by atoms with van der Waals surface area (Å²) in [5.74, 6) is 0.370. The van der Waals surface area contributed by atoms with Crippen LogP contribution in [0, 0.1) is 5.82 Å². The molecule has 0 spiro atoms. The number of rotatable bonds is 4. The normalized spacial score (nSPS) is 10.2. The number of alkyl carbamates (subject to hydrolysis) is 1. The summed E-state index contributed by atoms with van der Waals surface area (Å²) in [5.41, 5.74) is 0.640. The van der Waals surface area contributed by atoms with E-state index in [9.17, 15) is 9.18 Å². The quantitative estimate of drug-likeness (QED) is 0.911. The van der Waals surface area contributed by atoms with Gasteiger partial charge in [0.15, 0.2) is 0 Å². The summed E-state index contributed by atoms with van der Waals surface area (Å²) in [6.07, 6.45) is -0.123. The predicted octanol–water partition coefficient (Wildman–Crippen LogP) is 1.77. The number of halogens is 1. The van der Waals surface area contributed by atoms with Crippen LogP contribution >= 0.6 is 0 Å². The van der Waals surface area contributed by atoms with Gasteiger partial charge in [0.1, 0.15) is 5.82 Å². The van der Waals surface area contributed by atoms with Crippen LogP contribution in [0.2, 0.25) is 0 Å². The van der Waals surface area contributed by atoms with E-state index in [1.54, 1.807) is 12.1 Å². The third-order valence-electron chi connectivity index (χ3n) is 2.35. The molecule has 0 aliphatic carbocycles. The van der Waals surface area contributed by atoms with Gasteiger partial charge >= 0.3 is 6.09 Å². The van der Waals surface area contributed by atoms with Crippen LogP contribution in [0.5, 0.6) is 0 Å². The van der Waals surface area contributed by atoms with Crippen LogP contribution in [-0.4, -0.2) is 29.9 Å². The topological polar surface area (TPSA) is 77.2 Å². The van der Waals surface area contributed by atoms with Crippen LogP contribution in [0.3, 0.4) is 0 Å². The molecule has 1 aromatic heterocycles. The maximum atomic E-state index is 12.8. The van der Waals surface area contributed by atoms with E-state index in [2.05, 4.69) is 20.3 Å². The maximum Gasteiger partial charge on any atom is 0.406 e. The number of hydrogen-bond acceptors (Lipinski definition) is 5. The average Bonchev–Trinajstić information content (AvgIpc) is 2.88. The Balaban J connectivity index is 1.95. The van der Waals surface area contributed by atoms with Crippen LogP contribution in [0.4, 0.5) is 9.18 Å². The zero-order chi connectivity index (χ0) is 13.7. The number of amides is 1. The van der Waals surface area contributed by atoms with Crippen LogP contribution in [0.15, 0.2) is 28.7 Å². The molecule has 0 aliphatic rings. The van der Waals surface area contributed by atoms with Gasteiger partial charge in [-0.1, -0.05) is 0 Å². The Morgan fingerprint density at radius 1 is 1.37 bits per heavy atom. The highest BCUT2D eigenvalue weighted by atomic mass is 19.1. The number of nitrogens with zero attached hydrogens (tertiary/aromatic N) is 2. The van der Waals surface area contributed by atoms with E-state index in [4.69, 9.17) is 4.42 Å². The number of carbonyl (C=O) groups is 1. The smallest absolute Gasteiger partial charge is 0.406 e. The van der Waals surface area contributed by atoms with Gasteiger partial charge in [0.2, 0.25) is 11.8 Å². The van der Waals surface area contributed by atoms with Crippen LogP contribution in [0.25, 0.3) is 11.5 Å². The van der Waals surface area contributed by atoms with Crippen molar-refractivity contribution in [2.45, 2.75) is 6.42 Å². The Hall–Kier alpha value is -2.44. The van der Waals surface area contributed by atoms with Gasteiger partial charge in [-0.15, -0.1) is 10.2 Å². The van der Waals surface area contributed by atoms with E-state index < -0.39 is 6.09 Å². The lowest BCUT2D eigenvalue weighted by Gasteiger charge is -1.99. The summed E-state index contributed by atoms with van der Waals surface area (Å²) in [6.45, 7) is 0.331. The molecule has 0 saturated carbocycles. The lowest BCUT2D eigenvalue weighted by atomic mass is 10.2. The number of benzene rings is 1. The van der Waals surface area contributed by atoms with E-state index in [1.165, 1.54) is 19.2 Å². The Morgan fingerprint density at radius 2 is 2.11 bits per heavy atom. The fraction of sp³-hybridized carbons (Fsp3) is 0.250. The van der Waals surface area contributed by atoms with E-state index in [1.807, 2.05) is 0 Å². The van der Waals surface area contributed by atoms with Gasteiger partial charge in [-0.25, -0.2) is 9.18 Å². The largest absolute Gasteiger partial charge is 0.453 e. The van der Waals surface area contributed by atoms with Crippen molar-refractivity contribution in [2.75, 3.05) is 13.7 Å². The van der Waals surface area contributed by atoms with Crippen molar-refractivity contribution in [3.8, 4) is 11.5 Å². The molecule has 100 valence electrons. The molecule has 0 radical (unpaired) electrons. The lowest BCUT2D eigenvalue weighted by Crippen LogP contribution is -2.25. The van der Waals surface area contributed by atoms with Gasteiger partial charge in [0.05, 0.1) is 7.11 Å². The summed E-state index contributed by atoms with van der Waals surface area (Å²) in [6, 6.07) is 5.74. The number of ether oxygens (including phenoxy) is 1. The molecule has 6 nitrogen and oxygen atoms in total. The minimum Gasteiger partial charge on any atom is -0.453 e. The van der Waals surface area contributed by atoms with Gasteiger partial charge < -0.3 is 14.5 Å². The molecule has 0 aliphatic heterocycles. The SMILES string of the molecule is COC(=O)NCCc1nnc(-c2ccc(F)cc2)o1. The molecule has 2 aromatic rings. The first-order chi connectivity index (χ1) is 9.19. The molecular weight excluding hydrogens is 253 g/mol. The number of carbonyl (C=O) groups excluding carboxylic acids is 1. The average molecular weight is 265 g/mol. The van der Waals surface area contributed by atoms with Gasteiger partial charge in [-0.3, -0.25) is 0 Å². The van der Waals surface area contributed by atoms with Crippen LogP contribution in [-0.2, 0) is 11.2 Å². The second kappa shape index (κ2) is 5.94. The molecule has 0 saturated heterocycles. The Morgan fingerprint density at radius 3 is 2.79 bits per heavy atom. The van der Waals surface area contributed by atoms with Gasteiger partial charge in [0.25, 0.3) is 0 Å². The van der Waals surface area contributed by atoms with Crippen molar-refractivity contribution in [3.05, 3.63) is 36.0 Å². The highest BCUT2D eigenvalue weighted by molar-refractivity contribution is 5.66. The molecule has 1 heterocycles. The molecule has 7 heteroatoms. The number of methoxy groups -OCH3 is 1. The van der Waals surface area contributed by atoms with Crippen molar-refractivity contribution in [3.63, 3.8) is 0 Å². The first-order valence-corrected chi connectivity index (χ1v) is 5.59. The molecule has 1 N–H and O–H groups in total. The second-order valence-corrected chi connectivity index (χ2v) is 3.68. The fourth-order valence-electron chi connectivity index (χ4n) is 1.41.